The Bertz CT molecular complexity index is 715. The molecule has 0 bridgehead atoms. The third kappa shape index (κ3) is 4.23. The molecule has 0 aliphatic heterocycles. The lowest BCUT2D eigenvalue weighted by molar-refractivity contribution is -0.118. The van der Waals surface area contributed by atoms with Crippen molar-refractivity contribution in [2.45, 2.75) is 6.92 Å². The van der Waals surface area contributed by atoms with Gasteiger partial charge in [0.1, 0.15) is 11.3 Å². The molecule has 6 heteroatoms. The first-order chi connectivity index (χ1) is 10.5. The molecule has 0 aliphatic rings. The first kappa shape index (κ1) is 15.9. The van der Waals surface area contributed by atoms with Crippen molar-refractivity contribution in [3.63, 3.8) is 0 Å². The van der Waals surface area contributed by atoms with E-state index >= 15 is 0 Å². The van der Waals surface area contributed by atoms with Gasteiger partial charge < -0.3 is 15.2 Å². The van der Waals surface area contributed by atoms with E-state index in [2.05, 4.69) is 5.32 Å². The Labute approximate surface area is 132 Å². The molecule has 0 heterocycles. The quantitative estimate of drug-likeness (QED) is 0.886. The number of hydrogen-bond acceptors (Lipinski definition) is 3. The van der Waals surface area contributed by atoms with Gasteiger partial charge in [0.15, 0.2) is 6.61 Å². The molecule has 2 rings (SSSR count). The van der Waals surface area contributed by atoms with Crippen LogP contribution in [0.4, 0.5) is 5.69 Å². The maximum Gasteiger partial charge on any atom is 0.339 e. The van der Waals surface area contributed by atoms with Crippen LogP contribution < -0.4 is 10.1 Å². The standard InChI is InChI=1S/C16H14ClNO4/c1-10-3-2-4-12(7-10)18-15(19)9-22-14-6-5-11(17)8-13(14)16(20)21/h2-8H,9H2,1H3,(H,18,19)(H,20,21). The molecular weight excluding hydrogens is 306 g/mol. The number of aryl methyl sites for hydroxylation is 1. The first-order valence-electron chi connectivity index (χ1n) is 6.48. The molecule has 0 radical (unpaired) electrons. The molecule has 0 atom stereocenters. The van der Waals surface area contributed by atoms with Crippen LogP contribution in [0.25, 0.3) is 0 Å². The van der Waals surface area contributed by atoms with E-state index in [1.165, 1.54) is 18.2 Å². The number of ether oxygens (including phenoxy) is 1. The molecule has 22 heavy (non-hydrogen) atoms. The normalized spacial score (nSPS) is 10.1. The third-order valence-corrected chi connectivity index (χ3v) is 3.07. The van der Waals surface area contributed by atoms with E-state index in [1.807, 2.05) is 25.1 Å². The molecule has 0 aromatic heterocycles. The summed E-state index contributed by atoms with van der Waals surface area (Å²) >= 11 is 5.75. The summed E-state index contributed by atoms with van der Waals surface area (Å²) in [4.78, 5) is 22.9. The molecule has 2 aromatic rings. The lowest BCUT2D eigenvalue weighted by Crippen LogP contribution is -2.20. The summed E-state index contributed by atoms with van der Waals surface area (Å²) in [7, 11) is 0. The largest absolute Gasteiger partial charge is 0.483 e. The number of carboxylic acids is 1. The maximum atomic E-state index is 11.8. The summed E-state index contributed by atoms with van der Waals surface area (Å²) in [6.07, 6.45) is 0. The van der Waals surface area contributed by atoms with Gasteiger partial charge in [0.2, 0.25) is 0 Å². The smallest absolute Gasteiger partial charge is 0.339 e. The van der Waals surface area contributed by atoms with Gasteiger partial charge in [0, 0.05) is 10.7 Å². The minimum absolute atomic E-state index is 0.0872. The molecule has 2 aromatic carbocycles. The molecule has 114 valence electrons. The van der Waals surface area contributed by atoms with Gasteiger partial charge in [-0.25, -0.2) is 4.79 Å². The fourth-order valence-electron chi connectivity index (χ4n) is 1.86. The highest BCUT2D eigenvalue weighted by Crippen LogP contribution is 2.23. The maximum absolute atomic E-state index is 11.8. The number of amides is 1. The predicted molar refractivity (Wildman–Crippen MR) is 83.7 cm³/mol. The number of halogens is 1. The van der Waals surface area contributed by atoms with E-state index in [0.717, 1.165) is 5.56 Å². The van der Waals surface area contributed by atoms with Gasteiger partial charge in [-0.05, 0) is 42.8 Å². The van der Waals surface area contributed by atoms with Crippen LogP contribution in [0.5, 0.6) is 5.75 Å². The van der Waals surface area contributed by atoms with Gasteiger partial charge >= 0.3 is 5.97 Å². The van der Waals surface area contributed by atoms with E-state index in [-0.39, 0.29) is 28.8 Å². The molecule has 2 N–H and O–H groups in total. The predicted octanol–water partition coefficient (Wildman–Crippen LogP) is 3.36. The second-order valence-electron chi connectivity index (χ2n) is 4.65. The summed E-state index contributed by atoms with van der Waals surface area (Å²) in [5, 5.41) is 12.0. The highest BCUT2D eigenvalue weighted by atomic mass is 35.5. The number of benzene rings is 2. The topological polar surface area (TPSA) is 75.6 Å². The van der Waals surface area contributed by atoms with E-state index in [9.17, 15) is 9.59 Å². The average Bonchev–Trinajstić information content (AvgIpc) is 2.45. The number of carbonyl (C=O) groups excluding carboxylic acids is 1. The van der Waals surface area contributed by atoms with E-state index in [1.54, 1.807) is 6.07 Å². The zero-order valence-corrected chi connectivity index (χ0v) is 12.6. The fraction of sp³-hybridized carbons (Fsp3) is 0.125. The van der Waals surface area contributed by atoms with Gasteiger partial charge in [-0.3, -0.25) is 4.79 Å². The van der Waals surface area contributed by atoms with Crippen molar-refractivity contribution >= 4 is 29.2 Å². The Morgan fingerprint density at radius 3 is 2.68 bits per heavy atom. The molecule has 0 saturated carbocycles. The van der Waals surface area contributed by atoms with Crippen LogP contribution in [0.3, 0.4) is 0 Å². The zero-order valence-electron chi connectivity index (χ0n) is 11.8. The molecule has 0 saturated heterocycles. The highest BCUT2D eigenvalue weighted by molar-refractivity contribution is 6.31. The lowest BCUT2D eigenvalue weighted by atomic mass is 10.2. The van der Waals surface area contributed by atoms with Gasteiger partial charge in [-0.2, -0.15) is 0 Å². The summed E-state index contributed by atoms with van der Waals surface area (Å²) in [5.41, 5.74) is 1.59. The van der Waals surface area contributed by atoms with Crippen LogP contribution in [0.2, 0.25) is 5.02 Å². The number of nitrogens with one attached hydrogen (secondary N) is 1. The second-order valence-corrected chi connectivity index (χ2v) is 5.09. The lowest BCUT2D eigenvalue weighted by Gasteiger charge is -2.10. The van der Waals surface area contributed by atoms with Crippen molar-refractivity contribution in [2.75, 3.05) is 11.9 Å². The van der Waals surface area contributed by atoms with Crippen LogP contribution in [0.15, 0.2) is 42.5 Å². The Hall–Kier alpha value is -2.53. The Morgan fingerprint density at radius 1 is 1.23 bits per heavy atom. The SMILES string of the molecule is Cc1cccc(NC(=O)COc2ccc(Cl)cc2C(=O)O)c1. The van der Waals surface area contributed by atoms with Crippen molar-refractivity contribution < 1.29 is 19.4 Å². The van der Waals surface area contributed by atoms with Crippen molar-refractivity contribution in [1.82, 2.24) is 0 Å². The minimum atomic E-state index is -1.17. The fourth-order valence-corrected chi connectivity index (χ4v) is 2.03. The van der Waals surface area contributed by atoms with Crippen molar-refractivity contribution in [3.05, 3.63) is 58.6 Å². The minimum Gasteiger partial charge on any atom is -0.483 e. The summed E-state index contributed by atoms with van der Waals surface area (Å²) < 4.78 is 5.27. The molecular formula is C16H14ClNO4. The van der Waals surface area contributed by atoms with Gasteiger partial charge in [-0.1, -0.05) is 23.7 Å². The van der Waals surface area contributed by atoms with Crippen molar-refractivity contribution in [3.8, 4) is 5.75 Å². The summed E-state index contributed by atoms with van der Waals surface area (Å²) in [5.74, 6) is -1.45. The second kappa shape index (κ2) is 6.95. The highest BCUT2D eigenvalue weighted by Gasteiger charge is 2.13. The van der Waals surface area contributed by atoms with Gasteiger partial charge in [0.05, 0.1) is 0 Å². The average molecular weight is 320 g/mol. The molecule has 0 fully saturated rings. The van der Waals surface area contributed by atoms with E-state index in [4.69, 9.17) is 21.4 Å². The number of hydrogen-bond donors (Lipinski definition) is 2. The van der Waals surface area contributed by atoms with Crippen LogP contribution >= 0.6 is 11.6 Å². The molecule has 0 aliphatic carbocycles. The monoisotopic (exact) mass is 319 g/mol. The molecule has 0 unspecified atom stereocenters. The van der Waals surface area contributed by atoms with Crippen molar-refractivity contribution in [2.24, 2.45) is 0 Å². The van der Waals surface area contributed by atoms with Gasteiger partial charge in [0.25, 0.3) is 5.91 Å². The van der Waals surface area contributed by atoms with E-state index < -0.39 is 5.97 Å². The van der Waals surface area contributed by atoms with Gasteiger partial charge in [-0.15, -0.1) is 0 Å². The number of carbonyl (C=O) groups is 2. The molecule has 5 nitrogen and oxygen atoms in total. The third-order valence-electron chi connectivity index (χ3n) is 2.83. The Morgan fingerprint density at radius 2 is 2.00 bits per heavy atom. The number of carboxylic acid groups (broad SMARTS) is 1. The molecule has 1 amide bonds. The molecule has 0 spiro atoms. The summed E-state index contributed by atoms with van der Waals surface area (Å²) in [6, 6.07) is 11.5. The van der Waals surface area contributed by atoms with Crippen LogP contribution in [0, 0.1) is 6.92 Å². The van der Waals surface area contributed by atoms with Crippen LogP contribution in [0.1, 0.15) is 15.9 Å². The first-order valence-corrected chi connectivity index (χ1v) is 6.85. The van der Waals surface area contributed by atoms with Crippen LogP contribution in [-0.2, 0) is 4.79 Å². The Balaban J connectivity index is 2.01. The van der Waals surface area contributed by atoms with Crippen molar-refractivity contribution in [1.29, 1.82) is 0 Å². The number of aromatic carboxylic acids is 1. The van der Waals surface area contributed by atoms with E-state index in [0.29, 0.717) is 5.69 Å². The number of anilines is 1. The Kier molecular flexibility index (Phi) is 5.01. The summed E-state index contributed by atoms with van der Waals surface area (Å²) in [6.45, 7) is 1.62. The van der Waals surface area contributed by atoms with Crippen LogP contribution in [-0.4, -0.2) is 23.6 Å². The zero-order chi connectivity index (χ0) is 16.1. The number of rotatable bonds is 5.